The van der Waals surface area contributed by atoms with Gasteiger partial charge in [0.25, 0.3) is 0 Å². The van der Waals surface area contributed by atoms with Gasteiger partial charge in [0.05, 0.1) is 5.69 Å². The van der Waals surface area contributed by atoms with Crippen LogP contribution in [0.4, 0.5) is 10.6 Å². The van der Waals surface area contributed by atoms with E-state index in [2.05, 4.69) is 17.2 Å². The minimum Gasteiger partial charge on any atom is -0.462 e. The van der Waals surface area contributed by atoms with Crippen LogP contribution in [0.2, 0.25) is 0 Å². The summed E-state index contributed by atoms with van der Waals surface area (Å²) in [6.07, 6.45) is 2.37. The minimum absolute atomic E-state index is 0.0243. The van der Waals surface area contributed by atoms with E-state index in [1.165, 1.54) is 5.56 Å². The maximum Gasteiger partial charge on any atom is 0.437 e. The van der Waals surface area contributed by atoms with Crippen LogP contribution < -0.4 is 5.73 Å². The van der Waals surface area contributed by atoms with Crippen molar-refractivity contribution in [2.24, 2.45) is 5.92 Å². The predicted octanol–water partition coefficient (Wildman–Crippen LogP) is 3.50. The van der Waals surface area contributed by atoms with Crippen LogP contribution in [-0.4, -0.2) is 28.3 Å². The SMILES string of the molecule is CC(C)(C)OC(=O)n1nc(CC(Cc2ccccc2)C2=COCO2)cc1N. The first-order valence-electron chi connectivity index (χ1n) is 8.88. The molecule has 1 aliphatic rings. The smallest absolute Gasteiger partial charge is 0.437 e. The number of nitrogen functional groups attached to an aromatic ring is 1. The number of aromatic nitrogens is 2. The van der Waals surface area contributed by atoms with Gasteiger partial charge in [-0.2, -0.15) is 5.10 Å². The van der Waals surface area contributed by atoms with Gasteiger partial charge in [-0.05, 0) is 32.8 Å². The second-order valence-corrected chi connectivity index (χ2v) is 7.49. The van der Waals surface area contributed by atoms with Crippen LogP contribution in [0.25, 0.3) is 0 Å². The zero-order valence-electron chi connectivity index (χ0n) is 15.8. The highest BCUT2D eigenvalue weighted by molar-refractivity contribution is 5.73. The summed E-state index contributed by atoms with van der Waals surface area (Å²) in [5.41, 5.74) is 7.22. The third-order valence-electron chi connectivity index (χ3n) is 4.03. The Hall–Kier alpha value is -2.96. The van der Waals surface area contributed by atoms with E-state index in [1.807, 2.05) is 18.2 Å². The van der Waals surface area contributed by atoms with Gasteiger partial charge in [-0.1, -0.05) is 30.3 Å². The number of carbonyl (C=O) groups excluding carboxylic acids is 1. The highest BCUT2D eigenvalue weighted by Crippen LogP contribution is 2.26. The quantitative estimate of drug-likeness (QED) is 0.865. The lowest BCUT2D eigenvalue weighted by molar-refractivity contribution is 0.0518. The summed E-state index contributed by atoms with van der Waals surface area (Å²) in [7, 11) is 0. The average Bonchev–Trinajstić information content (AvgIpc) is 3.23. The maximum absolute atomic E-state index is 12.3. The molecule has 27 heavy (non-hydrogen) atoms. The van der Waals surface area contributed by atoms with Gasteiger partial charge >= 0.3 is 6.09 Å². The molecule has 144 valence electrons. The fourth-order valence-electron chi connectivity index (χ4n) is 2.89. The Morgan fingerprint density at radius 3 is 2.67 bits per heavy atom. The maximum atomic E-state index is 12.3. The zero-order chi connectivity index (χ0) is 19.4. The molecule has 7 nitrogen and oxygen atoms in total. The molecule has 1 unspecified atom stereocenters. The third-order valence-corrected chi connectivity index (χ3v) is 4.03. The Balaban J connectivity index is 1.78. The molecule has 1 aliphatic heterocycles. The van der Waals surface area contributed by atoms with Gasteiger partial charge in [0, 0.05) is 18.4 Å². The molecule has 0 saturated carbocycles. The molecule has 1 aromatic heterocycles. The summed E-state index contributed by atoms with van der Waals surface area (Å²) in [4.78, 5) is 12.3. The summed E-state index contributed by atoms with van der Waals surface area (Å²) < 4.78 is 17.3. The van der Waals surface area contributed by atoms with E-state index in [0.29, 0.717) is 12.1 Å². The summed E-state index contributed by atoms with van der Waals surface area (Å²) in [5, 5.41) is 4.34. The molecule has 0 aliphatic carbocycles. The number of carbonyl (C=O) groups is 1. The van der Waals surface area contributed by atoms with Crippen LogP contribution in [0.1, 0.15) is 32.0 Å². The molecule has 0 amide bonds. The number of nitrogens with zero attached hydrogens (tertiary/aromatic N) is 2. The number of nitrogens with two attached hydrogens (primary N) is 1. The molecule has 1 aromatic carbocycles. The van der Waals surface area contributed by atoms with Crippen LogP contribution >= 0.6 is 0 Å². The number of anilines is 1. The molecule has 2 aromatic rings. The average molecular weight is 371 g/mol. The number of benzene rings is 1. The highest BCUT2D eigenvalue weighted by Gasteiger charge is 2.25. The molecule has 2 N–H and O–H groups in total. The first kappa shape index (κ1) is 18.8. The number of allylic oxidation sites excluding steroid dienone is 1. The van der Waals surface area contributed by atoms with E-state index in [4.69, 9.17) is 19.9 Å². The molecule has 3 rings (SSSR count). The monoisotopic (exact) mass is 371 g/mol. The van der Waals surface area contributed by atoms with Crippen LogP contribution in [0.15, 0.2) is 48.4 Å². The van der Waals surface area contributed by atoms with E-state index in [1.54, 1.807) is 33.1 Å². The van der Waals surface area contributed by atoms with Gasteiger partial charge in [0.15, 0.2) is 0 Å². The highest BCUT2D eigenvalue weighted by atomic mass is 16.7. The summed E-state index contributed by atoms with van der Waals surface area (Å²) in [6, 6.07) is 11.8. The minimum atomic E-state index is -0.620. The number of rotatable bonds is 5. The van der Waals surface area contributed by atoms with Crippen LogP contribution in [0, 0.1) is 5.92 Å². The van der Waals surface area contributed by atoms with E-state index in [-0.39, 0.29) is 18.5 Å². The number of ether oxygens (including phenoxy) is 3. The fourth-order valence-corrected chi connectivity index (χ4v) is 2.89. The van der Waals surface area contributed by atoms with E-state index in [0.717, 1.165) is 16.9 Å². The van der Waals surface area contributed by atoms with Gasteiger partial charge in [0.2, 0.25) is 6.79 Å². The standard InChI is InChI=1S/C20H25N3O4/c1-20(2,3)27-19(24)23-18(21)11-16(22-23)10-15(17-12-25-13-26-17)9-14-7-5-4-6-8-14/h4-8,11-12,15H,9-10,13,21H2,1-3H3. The van der Waals surface area contributed by atoms with Crippen molar-refractivity contribution < 1.29 is 19.0 Å². The van der Waals surface area contributed by atoms with Gasteiger partial charge < -0.3 is 19.9 Å². The van der Waals surface area contributed by atoms with Crippen molar-refractivity contribution in [3.8, 4) is 0 Å². The predicted molar refractivity (Wildman–Crippen MR) is 101 cm³/mol. The second-order valence-electron chi connectivity index (χ2n) is 7.49. The van der Waals surface area contributed by atoms with Crippen molar-refractivity contribution >= 4 is 11.9 Å². The second kappa shape index (κ2) is 7.73. The molecular weight excluding hydrogens is 346 g/mol. The topological polar surface area (TPSA) is 88.6 Å². The van der Waals surface area contributed by atoms with E-state index in [9.17, 15) is 4.79 Å². The molecule has 0 saturated heterocycles. The first-order chi connectivity index (χ1) is 12.8. The molecule has 0 radical (unpaired) electrons. The van der Waals surface area contributed by atoms with Crippen LogP contribution in [0.3, 0.4) is 0 Å². The Labute approximate surface area is 158 Å². The molecule has 0 bridgehead atoms. The largest absolute Gasteiger partial charge is 0.462 e. The van der Waals surface area contributed by atoms with E-state index >= 15 is 0 Å². The molecule has 1 atom stereocenters. The fraction of sp³-hybridized carbons (Fsp3) is 0.400. The number of hydrogen-bond acceptors (Lipinski definition) is 6. The van der Waals surface area contributed by atoms with Gasteiger partial charge in [0.1, 0.15) is 23.4 Å². The van der Waals surface area contributed by atoms with E-state index < -0.39 is 11.7 Å². The molecule has 0 spiro atoms. The molecular formula is C20H25N3O4. The van der Waals surface area contributed by atoms with Crippen molar-refractivity contribution in [2.45, 2.75) is 39.2 Å². The lowest BCUT2D eigenvalue weighted by atomic mass is 9.93. The third kappa shape index (κ3) is 5.03. The molecule has 7 heteroatoms. The van der Waals surface area contributed by atoms with Gasteiger partial charge in [-0.3, -0.25) is 0 Å². The first-order valence-corrected chi connectivity index (χ1v) is 8.88. The zero-order valence-corrected chi connectivity index (χ0v) is 15.8. The van der Waals surface area contributed by atoms with Crippen LogP contribution in [-0.2, 0) is 27.1 Å². The van der Waals surface area contributed by atoms with Crippen molar-refractivity contribution in [3.05, 3.63) is 59.7 Å². The molecule has 2 heterocycles. The summed E-state index contributed by atoms with van der Waals surface area (Å²) in [5.74, 6) is 1.04. The lowest BCUT2D eigenvalue weighted by Crippen LogP contribution is -2.28. The Bertz CT molecular complexity index is 821. The van der Waals surface area contributed by atoms with Crippen molar-refractivity contribution in [2.75, 3.05) is 12.5 Å². The normalized spacial score (nSPS) is 14.9. The van der Waals surface area contributed by atoms with Gasteiger partial charge in [-0.25, -0.2) is 4.79 Å². The molecule has 0 fully saturated rings. The van der Waals surface area contributed by atoms with Crippen LogP contribution in [0.5, 0.6) is 0 Å². The summed E-state index contributed by atoms with van der Waals surface area (Å²) in [6.45, 7) is 5.61. The Morgan fingerprint density at radius 2 is 2.04 bits per heavy atom. The summed E-state index contributed by atoms with van der Waals surface area (Å²) >= 11 is 0. The van der Waals surface area contributed by atoms with Gasteiger partial charge in [-0.15, -0.1) is 4.68 Å². The van der Waals surface area contributed by atoms with Crippen molar-refractivity contribution in [1.29, 1.82) is 0 Å². The van der Waals surface area contributed by atoms with Crippen molar-refractivity contribution in [3.63, 3.8) is 0 Å². The Kier molecular flexibility index (Phi) is 5.39. The lowest BCUT2D eigenvalue weighted by Gasteiger charge is -2.19. The number of hydrogen-bond donors (Lipinski definition) is 1. The van der Waals surface area contributed by atoms with Crippen molar-refractivity contribution in [1.82, 2.24) is 9.78 Å². The Morgan fingerprint density at radius 1 is 1.30 bits per heavy atom.